The third kappa shape index (κ3) is 4.77. The molecule has 2 aromatic heterocycles. The van der Waals surface area contributed by atoms with Crippen LogP contribution in [0.1, 0.15) is 87.7 Å². The van der Waals surface area contributed by atoms with E-state index in [1.807, 2.05) is 33.8 Å². The standard InChI is InChI=1S/C30H37N7O3/c1-19-26(34-27-24(32-19)22(18-31)35-37(27)23-11-7-8-16-39-23)36-14-12-30(13-15-36)17-20-9-5-6-10-21(20)25(30)33-28(38)40-29(2,3)4/h5-6,9-10,23,25H,7-8,11-17H2,1-4H3,(H,33,38)/t23?,25-/m1/s1. The number of aromatic nitrogens is 4. The van der Waals surface area contributed by atoms with Crippen molar-refractivity contribution in [2.75, 3.05) is 24.6 Å². The lowest BCUT2D eigenvalue weighted by Gasteiger charge is -2.44. The Kier molecular flexibility index (Phi) is 6.65. The number of hydrogen-bond acceptors (Lipinski definition) is 8. The van der Waals surface area contributed by atoms with E-state index < -0.39 is 5.60 Å². The molecule has 0 radical (unpaired) electrons. The molecule has 10 heteroatoms. The molecule has 2 atom stereocenters. The van der Waals surface area contributed by atoms with E-state index in [1.165, 1.54) is 11.1 Å². The molecule has 10 nitrogen and oxygen atoms in total. The molecule has 40 heavy (non-hydrogen) atoms. The van der Waals surface area contributed by atoms with E-state index >= 15 is 0 Å². The number of nitriles is 1. The smallest absolute Gasteiger partial charge is 0.408 e. The number of nitrogens with zero attached hydrogens (tertiary/aromatic N) is 6. The Hall–Kier alpha value is -3.71. The number of alkyl carbamates (subject to hydrolysis) is 1. The van der Waals surface area contributed by atoms with Gasteiger partial charge in [0.05, 0.1) is 11.7 Å². The third-order valence-electron chi connectivity index (χ3n) is 8.45. The average Bonchev–Trinajstić information content (AvgIpc) is 3.43. The molecule has 3 aliphatic rings. The molecule has 2 aliphatic heterocycles. The normalized spacial score (nSPS) is 22.2. The lowest BCUT2D eigenvalue weighted by molar-refractivity contribution is -0.0370. The van der Waals surface area contributed by atoms with Crippen molar-refractivity contribution >= 4 is 23.1 Å². The van der Waals surface area contributed by atoms with Crippen LogP contribution >= 0.6 is 0 Å². The van der Waals surface area contributed by atoms with Crippen LogP contribution in [0.25, 0.3) is 11.2 Å². The maximum absolute atomic E-state index is 12.9. The molecule has 0 bridgehead atoms. The van der Waals surface area contributed by atoms with Crippen molar-refractivity contribution in [1.82, 2.24) is 25.1 Å². The van der Waals surface area contributed by atoms with Crippen LogP contribution in [0.2, 0.25) is 0 Å². The van der Waals surface area contributed by atoms with Crippen LogP contribution < -0.4 is 10.2 Å². The highest BCUT2D eigenvalue weighted by Crippen LogP contribution is 2.52. The topological polar surface area (TPSA) is 118 Å². The first-order valence-electron chi connectivity index (χ1n) is 14.3. The number of ether oxygens (including phenoxy) is 2. The van der Waals surface area contributed by atoms with Gasteiger partial charge in [-0.25, -0.2) is 19.4 Å². The van der Waals surface area contributed by atoms with Crippen LogP contribution in [0.15, 0.2) is 24.3 Å². The van der Waals surface area contributed by atoms with Crippen molar-refractivity contribution in [3.63, 3.8) is 0 Å². The second-order valence-corrected chi connectivity index (χ2v) is 12.3. The van der Waals surface area contributed by atoms with Crippen molar-refractivity contribution in [2.45, 2.75) is 84.1 Å². The largest absolute Gasteiger partial charge is 0.444 e. The van der Waals surface area contributed by atoms with Crippen molar-refractivity contribution < 1.29 is 14.3 Å². The van der Waals surface area contributed by atoms with E-state index in [-0.39, 0.29) is 29.5 Å². The Bertz CT molecular complexity index is 1470. The molecule has 3 aromatic rings. The van der Waals surface area contributed by atoms with Gasteiger partial charge in [0, 0.05) is 25.1 Å². The summed E-state index contributed by atoms with van der Waals surface area (Å²) in [6.07, 6.45) is 4.99. The minimum atomic E-state index is -0.561. The number of aryl methyl sites for hydroxylation is 1. The summed E-state index contributed by atoms with van der Waals surface area (Å²) in [7, 11) is 0. The number of piperidine rings is 1. The molecular weight excluding hydrogens is 506 g/mol. The highest BCUT2D eigenvalue weighted by molar-refractivity contribution is 5.78. The molecule has 1 N–H and O–H groups in total. The number of benzene rings is 1. The molecule has 210 valence electrons. The Morgan fingerprint density at radius 3 is 2.67 bits per heavy atom. The van der Waals surface area contributed by atoms with Crippen LogP contribution in [0, 0.1) is 23.7 Å². The summed E-state index contributed by atoms with van der Waals surface area (Å²) in [5.41, 5.74) is 3.99. The van der Waals surface area contributed by atoms with E-state index in [9.17, 15) is 10.1 Å². The molecule has 1 aromatic carbocycles. The second-order valence-electron chi connectivity index (χ2n) is 12.3. The number of carbonyl (C=O) groups excluding carboxylic acids is 1. The first-order chi connectivity index (χ1) is 19.2. The van der Waals surface area contributed by atoms with Crippen LogP contribution in [0.3, 0.4) is 0 Å². The highest BCUT2D eigenvalue weighted by atomic mass is 16.6. The minimum absolute atomic E-state index is 0.103. The van der Waals surface area contributed by atoms with Gasteiger partial charge >= 0.3 is 6.09 Å². The molecule has 6 rings (SSSR count). The fourth-order valence-corrected chi connectivity index (χ4v) is 6.59. The number of rotatable bonds is 3. The van der Waals surface area contributed by atoms with Gasteiger partial charge in [-0.15, -0.1) is 0 Å². The SMILES string of the molecule is Cc1nc2c(C#N)nn(C3CCCCO3)c2nc1N1CCC2(CC1)Cc1ccccc1[C@H]2NC(=O)OC(C)(C)C. The maximum atomic E-state index is 12.9. The van der Waals surface area contributed by atoms with Gasteiger partial charge in [0.25, 0.3) is 0 Å². The zero-order valence-corrected chi connectivity index (χ0v) is 23.7. The summed E-state index contributed by atoms with van der Waals surface area (Å²) in [6, 6.07) is 10.5. The lowest BCUT2D eigenvalue weighted by atomic mass is 9.72. The fraction of sp³-hybridized carbons (Fsp3) is 0.567. The van der Waals surface area contributed by atoms with Crippen molar-refractivity contribution in [2.24, 2.45) is 5.41 Å². The average molecular weight is 544 g/mol. The van der Waals surface area contributed by atoms with Crippen LogP contribution in [-0.2, 0) is 15.9 Å². The number of anilines is 1. The van der Waals surface area contributed by atoms with Gasteiger partial charge in [0.15, 0.2) is 23.4 Å². The summed E-state index contributed by atoms with van der Waals surface area (Å²) in [5.74, 6) is 0.816. The van der Waals surface area contributed by atoms with E-state index in [1.54, 1.807) is 4.68 Å². The van der Waals surface area contributed by atoms with Crippen molar-refractivity contribution in [1.29, 1.82) is 5.26 Å². The van der Waals surface area contributed by atoms with Gasteiger partial charge in [-0.3, -0.25) is 0 Å². The molecule has 0 saturated carbocycles. The minimum Gasteiger partial charge on any atom is -0.444 e. The molecule has 2 saturated heterocycles. The van der Waals surface area contributed by atoms with E-state index in [0.29, 0.717) is 17.8 Å². The Labute approximate surface area is 234 Å². The number of nitrogens with one attached hydrogen (secondary N) is 1. The number of carbonyl (C=O) groups is 1. The molecule has 1 aliphatic carbocycles. The monoisotopic (exact) mass is 543 g/mol. The Balaban J connectivity index is 1.27. The maximum Gasteiger partial charge on any atom is 0.408 e. The van der Waals surface area contributed by atoms with Gasteiger partial charge in [-0.05, 0) is 77.3 Å². The molecule has 1 spiro atoms. The van der Waals surface area contributed by atoms with Gasteiger partial charge in [0.2, 0.25) is 0 Å². The van der Waals surface area contributed by atoms with Crippen LogP contribution in [0.4, 0.5) is 10.6 Å². The summed E-state index contributed by atoms with van der Waals surface area (Å²) < 4.78 is 13.4. The molecule has 4 heterocycles. The molecule has 2 fully saturated rings. The van der Waals surface area contributed by atoms with Gasteiger partial charge in [0.1, 0.15) is 17.2 Å². The van der Waals surface area contributed by atoms with E-state index in [0.717, 1.165) is 63.1 Å². The molecule has 1 amide bonds. The fourth-order valence-electron chi connectivity index (χ4n) is 6.59. The van der Waals surface area contributed by atoms with Crippen LogP contribution in [0.5, 0.6) is 0 Å². The van der Waals surface area contributed by atoms with E-state index in [4.69, 9.17) is 19.4 Å². The Morgan fingerprint density at radius 2 is 1.98 bits per heavy atom. The summed E-state index contributed by atoms with van der Waals surface area (Å²) in [4.78, 5) is 25.0. The number of amides is 1. The summed E-state index contributed by atoms with van der Waals surface area (Å²) >= 11 is 0. The Morgan fingerprint density at radius 1 is 1.20 bits per heavy atom. The number of fused-ring (bicyclic) bond motifs is 2. The molecule has 1 unspecified atom stereocenters. The van der Waals surface area contributed by atoms with Gasteiger partial charge in [-0.2, -0.15) is 10.4 Å². The first-order valence-corrected chi connectivity index (χ1v) is 14.3. The predicted octanol–water partition coefficient (Wildman–Crippen LogP) is 5.11. The first kappa shape index (κ1) is 26.5. The predicted molar refractivity (Wildman–Crippen MR) is 150 cm³/mol. The summed E-state index contributed by atoms with van der Waals surface area (Å²) in [5, 5.41) is 17.5. The third-order valence-corrected chi connectivity index (χ3v) is 8.45. The zero-order chi connectivity index (χ0) is 28.1. The second kappa shape index (κ2) is 10.0. The van der Waals surface area contributed by atoms with E-state index in [2.05, 4.69) is 39.6 Å². The lowest BCUT2D eigenvalue weighted by Crippen LogP contribution is -2.48. The van der Waals surface area contributed by atoms with Gasteiger partial charge in [-0.1, -0.05) is 24.3 Å². The van der Waals surface area contributed by atoms with Gasteiger partial charge < -0.3 is 19.7 Å². The molecular formula is C30H37N7O3. The quantitative estimate of drug-likeness (QED) is 0.484. The highest BCUT2D eigenvalue weighted by Gasteiger charge is 2.49. The number of hydrogen-bond donors (Lipinski definition) is 1. The zero-order valence-electron chi connectivity index (χ0n) is 23.7. The summed E-state index contributed by atoms with van der Waals surface area (Å²) in [6.45, 7) is 9.83. The van der Waals surface area contributed by atoms with Crippen LogP contribution in [-0.4, -0.2) is 51.1 Å². The van der Waals surface area contributed by atoms with Crippen molar-refractivity contribution in [3.05, 3.63) is 46.8 Å². The van der Waals surface area contributed by atoms with Crippen molar-refractivity contribution in [3.8, 4) is 6.07 Å².